The fourth-order valence-corrected chi connectivity index (χ4v) is 2.77. The highest BCUT2D eigenvalue weighted by atomic mass is 127. The van der Waals surface area contributed by atoms with Gasteiger partial charge in [0, 0.05) is 5.56 Å². The van der Waals surface area contributed by atoms with E-state index in [1.54, 1.807) is 7.11 Å². The first-order chi connectivity index (χ1) is 10.3. The van der Waals surface area contributed by atoms with Gasteiger partial charge in [-0.3, -0.25) is 0 Å². The predicted molar refractivity (Wildman–Crippen MR) is 90.3 cm³/mol. The summed E-state index contributed by atoms with van der Waals surface area (Å²) in [4.78, 5) is 0. The molecule has 1 heterocycles. The van der Waals surface area contributed by atoms with Crippen LogP contribution in [0.1, 0.15) is 5.56 Å². The minimum atomic E-state index is 0.697. The topological polar surface area (TPSA) is 39.9 Å². The van der Waals surface area contributed by atoms with Gasteiger partial charge in [0.1, 0.15) is 15.1 Å². The lowest BCUT2D eigenvalue weighted by Gasteiger charge is -2.05. The van der Waals surface area contributed by atoms with Crippen molar-refractivity contribution >= 4 is 22.6 Å². The number of benzene rings is 2. The minimum Gasteiger partial charge on any atom is -0.497 e. The first-order valence-electron chi connectivity index (χ1n) is 6.55. The summed E-state index contributed by atoms with van der Waals surface area (Å²) in [7, 11) is 1.67. The molecule has 0 amide bonds. The van der Waals surface area contributed by atoms with E-state index >= 15 is 0 Å². The highest BCUT2D eigenvalue weighted by Gasteiger charge is 2.12. The SMILES string of the molecule is COc1ccc(Cn2nnc(-c3ccccc3)c2I)cc1. The van der Waals surface area contributed by atoms with Crippen molar-refractivity contribution in [3.8, 4) is 17.0 Å². The number of hydrogen-bond acceptors (Lipinski definition) is 3. The molecule has 3 aromatic rings. The smallest absolute Gasteiger partial charge is 0.127 e. The van der Waals surface area contributed by atoms with Gasteiger partial charge in [-0.25, -0.2) is 4.68 Å². The van der Waals surface area contributed by atoms with E-state index in [4.69, 9.17) is 4.74 Å². The molecule has 0 bridgehead atoms. The number of nitrogens with zero attached hydrogens (tertiary/aromatic N) is 3. The van der Waals surface area contributed by atoms with E-state index < -0.39 is 0 Å². The largest absolute Gasteiger partial charge is 0.497 e. The Morgan fingerprint density at radius 1 is 1.05 bits per heavy atom. The van der Waals surface area contributed by atoms with Crippen LogP contribution in [-0.4, -0.2) is 22.1 Å². The van der Waals surface area contributed by atoms with Gasteiger partial charge in [-0.2, -0.15) is 0 Å². The van der Waals surface area contributed by atoms with Crippen LogP contribution in [0.25, 0.3) is 11.3 Å². The van der Waals surface area contributed by atoms with Crippen LogP contribution in [0, 0.1) is 3.70 Å². The molecule has 0 fully saturated rings. The Morgan fingerprint density at radius 2 is 1.76 bits per heavy atom. The average Bonchev–Trinajstić information content (AvgIpc) is 2.90. The van der Waals surface area contributed by atoms with Crippen molar-refractivity contribution < 1.29 is 4.74 Å². The first-order valence-corrected chi connectivity index (χ1v) is 7.63. The van der Waals surface area contributed by atoms with Gasteiger partial charge in [0.15, 0.2) is 0 Å². The van der Waals surface area contributed by atoms with Gasteiger partial charge in [0.25, 0.3) is 0 Å². The highest BCUT2D eigenvalue weighted by molar-refractivity contribution is 14.1. The zero-order chi connectivity index (χ0) is 14.7. The van der Waals surface area contributed by atoms with Crippen LogP contribution in [0.15, 0.2) is 54.6 Å². The molecule has 0 aliphatic rings. The maximum atomic E-state index is 5.17. The Kier molecular flexibility index (Phi) is 4.19. The molecule has 0 N–H and O–H groups in total. The van der Waals surface area contributed by atoms with E-state index in [1.165, 1.54) is 5.56 Å². The summed E-state index contributed by atoms with van der Waals surface area (Å²) in [5.74, 6) is 0.858. The number of halogens is 1. The van der Waals surface area contributed by atoms with Crippen LogP contribution in [0.3, 0.4) is 0 Å². The standard InChI is InChI=1S/C16H14IN3O/c1-21-14-9-7-12(8-10-14)11-20-16(17)15(18-19-20)13-5-3-2-4-6-13/h2-10H,11H2,1H3. The molecule has 4 nitrogen and oxygen atoms in total. The zero-order valence-electron chi connectivity index (χ0n) is 11.5. The molecule has 2 aromatic carbocycles. The maximum absolute atomic E-state index is 5.17. The minimum absolute atomic E-state index is 0.697. The molecule has 0 aliphatic carbocycles. The number of aromatic nitrogens is 3. The van der Waals surface area contributed by atoms with Crippen LogP contribution < -0.4 is 4.74 Å². The summed E-state index contributed by atoms with van der Waals surface area (Å²) in [6, 6.07) is 18.1. The second-order valence-electron chi connectivity index (χ2n) is 4.60. The lowest BCUT2D eigenvalue weighted by molar-refractivity contribution is 0.414. The second kappa shape index (κ2) is 6.26. The Bertz CT molecular complexity index is 723. The van der Waals surface area contributed by atoms with E-state index in [9.17, 15) is 0 Å². The molecular weight excluding hydrogens is 377 g/mol. The van der Waals surface area contributed by atoms with Crippen molar-refractivity contribution in [3.63, 3.8) is 0 Å². The van der Waals surface area contributed by atoms with Crippen LogP contribution in [0.4, 0.5) is 0 Å². The van der Waals surface area contributed by atoms with E-state index in [-0.39, 0.29) is 0 Å². The Morgan fingerprint density at radius 3 is 2.43 bits per heavy atom. The van der Waals surface area contributed by atoms with Gasteiger partial charge >= 0.3 is 0 Å². The molecule has 0 unspecified atom stereocenters. The van der Waals surface area contributed by atoms with E-state index in [0.29, 0.717) is 6.54 Å². The summed E-state index contributed by atoms with van der Waals surface area (Å²) >= 11 is 2.29. The Hall–Kier alpha value is -1.89. The van der Waals surface area contributed by atoms with Crippen molar-refractivity contribution in [1.29, 1.82) is 0 Å². The van der Waals surface area contributed by atoms with Crippen LogP contribution in [-0.2, 0) is 6.54 Å². The molecule has 0 atom stereocenters. The lowest BCUT2D eigenvalue weighted by atomic mass is 10.2. The molecule has 0 radical (unpaired) electrons. The summed E-state index contributed by atoms with van der Waals surface area (Å²) < 4.78 is 8.11. The third kappa shape index (κ3) is 3.07. The molecule has 0 saturated heterocycles. The number of ether oxygens (including phenoxy) is 1. The summed E-state index contributed by atoms with van der Waals surface area (Å²) in [5.41, 5.74) is 3.17. The van der Waals surface area contributed by atoms with E-state index in [0.717, 1.165) is 20.7 Å². The molecule has 1 aromatic heterocycles. The van der Waals surface area contributed by atoms with Gasteiger partial charge < -0.3 is 4.74 Å². The quantitative estimate of drug-likeness (QED) is 0.638. The fraction of sp³-hybridized carbons (Fsp3) is 0.125. The first kappa shape index (κ1) is 14.1. The number of methoxy groups -OCH3 is 1. The van der Waals surface area contributed by atoms with Crippen molar-refractivity contribution in [2.45, 2.75) is 6.54 Å². The molecule has 3 rings (SSSR count). The molecule has 0 spiro atoms. The predicted octanol–water partition coefficient (Wildman–Crippen LogP) is 3.61. The molecule has 0 aliphatic heterocycles. The molecule has 5 heteroatoms. The maximum Gasteiger partial charge on any atom is 0.127 e. The number of rotatable bonds is 4. The van der Waals surface area contributed by atoms with Gasteiger partial charge in [-0.15, -0.1) is 5.10 Å². The Labute approximate surface area is 136 Å². The van der Waals surface area contributed by atoms with Crippen molar-refractivity contribution in [1.82, 2.24) is 15.0 Å². The third-order valence-electron chi connectivity index (χ3n) is 3.21. The molecule has 0 saturated carbocycles. The lowest BCUT2D eigenvalue weighted by Crippen LogP contribution is -2.04. The number of hydrogen-bond donors (Lipinski definition) is 0. The molecular formula is C16H14IN3O. The fourth-order valence-electron chi connectivity index (χ4n) is 2.08. The van der Waals surface area contributed by atoms with Gasteiger partial charge in [0.05, 0.1) is 13.7 Å². The monoisotopic (exact) mass is 391 g/mol. The van der Waals surface area contributed by atoms with Crippen molar-refractivity contribution in [3.05, 3.63) is 63.9 Å². The van der Waals surface area contributed by atoms with Crippen LogP contribution in [0.5, 0.6) is 5.75 Å². The molecule has 106 valence electrons. The second-order valence-corrected chi connectivity index (χ2v) is 5.62. The zero-order valence-corrected chi connectivity index (χ0v) is 13.7. The summed E-state index contributed by atoms with van der Waals surface area (Å²) in [6.45, 7) is 0.697. The van der Waals surface area contributed by atoms with Crippen LogP contribution >= 0.6 is 22.6 Å². The molecule has 21 heavy (non-hydrogen) atoms. The normalized spacial score (nSPS) is 10.6. The van der Waals surface area contributed by atoms with Crippen LogP contribution in [0.2, 0.25) is 0 Å². The van der Waals surface area contributed by atoms with Crippen molar-refractivity contribution in [2.75, 3.05) is 7.11 Å². The van der Waals surface area contributed by atoms with Gasteiger partial charge in [0.2, 0.25) is 0 Å². The van der Waals surface area contributed by atoms with E-state index in [1.807, 2.05) is 59.3 Å². The van der Waals surface area contributed by atoms with Gasteiger partial charge in [-0.05, 0) is 40.3 Å². The highest BCUT2D eigenvalue weighted by Crippen LogP contribution is 2.23. The summed E-state index contributed by atoms with van der Waals surface area (Å²) in [5, 5.41) is 8.55. The Balaban J connectivity index is 1.85. The third-order valence-corrected chi connectivity index (χ3v) is 4.28. The van der Waals surface area contributed by atoms with E-state index in [2.05, 4.69) is 32.9 Å². The average molecular weight is 391 g/mol. The van der Waals surface area contributed by atoms with Crippen molar-refractivity contribution in [2.24, 2.45) is 0 Å². The van der Waals surface area contributed by atoms with Gasteiger partial charge in [-0.1, -0.05) is 47.7 Å². The summed E-state index contributed by atoms with van der Waals surface area (Å²) in [6.07, 6.45) is 0.